The molecule has 28 heavy (non-hydrogen) atoms. The van der Waals surface area contributed by atoms with E-state index < -0.39 is 5.97 Å². The van der Waals surface area contributed by atoms with Gasteiger partial charge in [0.05, 0.1) is 13.3 Å². The van der Waals surface area contributed by atoms with Gasteiger partial charge >= 0.3 is 5.97 Å². The summed E-state index contributed by atoms with van der Waals surface area (Å²) in [7, 11) is 1.32. The van der Waals surface area contributed by atoms with Crippen LogP contribution in [0.1, 0.15) is 16.2 Å². The number of fused-ring (bicyclic) bond motifs is 1. The van der Waals surface area contributed by atoms with Gasteiger partial charge in [-0.3, -0.25) is 0 Å². The standard InChI is InChI=1S/C22H16FNO4/c1-26-22(25)18-10-15-4-2-3-5-16(15)11-19(18)27-13-21-24-12-20(28-21)14-6-8-17(23)9-7-14/h2-12H,13H2,1H3. The molecule has 0 saturated heterocycles. The number of hydrogen-bond donors (Lipinski definition) is 0. The van der Waals surface area contributed by atoms with Crippen molar-refractivity contribution in [2.75, 3.05) is 7.11 Å². The molecule has 0 aliphatic carbocycles. The van der Waals surface area contributed by atoms with Crippen molar-refractivity contribution in [3.63, 3.8) is 0 Å². The maximum Gasteiger partial charge on any atom is 0.341 e. The van der Waals surface area contributed by atoms with Gasteiger partial charge in [-0.1, -0.05) is 24.3 Å². The molecule has 0 spiro atoms. The van der Waals surface area contributed by atoms with E-state index >= 15 is 0 Å². The predicted octanol–water partition coefficient (Wildman–Crippen LogP) is 5.00. The molecule has 0 N–H and O–H groups in total. The molecule has 0 unspecified atom stereocenters. The summed E-state index contributed by atoms with van der Waals surface area (Å²) in [5, 5.41) is 1.84. The normalized spacial score (nSPS) is 10.8. The van der Waals surface area contributed by atoms with Gasteiger partial charge in [0.25, 0.3) is 0 Å². The number of aromatic nitrogens is 1. The number of benzene rings is 3. The molecule has 0 fully saturated rings. The molecule has 0 aliphatic rings. The van der Waals surface area contributed by atoms with E-state index in [0.29, 0.717) is 28.5 Å². The third kappa shape index (κ3) is 3.57. The van der Waals surface area contributed by atoms with Crippen LogP contribution < -0.4 is 4.74 Å². The second kappa shape index (κ2) is 7.52. The summed E-state index contributed by atoms with van der Waals surface area (Å²) in [6.07, 6.45) is 1.55. The van der Waals surface area contributed by atoms with Crippen molar-refractivity contribution in [2.24, 2.45) is 0 Å². The molecule has 3 aromatic carbocycles. The molecule has 4 aromatic rings. The van der Waals surface area contributed by atoms with E-state index in [1.54, 1.807) is 30.5 Å². The Hall–Kier alpha value is -3.67. The zero-order valence-corrected chi connectivity index (χ0v) is 15.0. The molecule has 140 valence electrons. The van der Waals surface area contributed by atoms with Gasteiger partial charge in [-0.25, -0.2) is 14.2 Å². The first-order valence-corrected chi connectivity index (χ1v) is 8.58. The molecule has 5 nitrogen and oxygen atoms in total. The van der Waals surface area contributed by atoms with Gasteiger partial charge in [-0.2, -0.15) is 0 Å². The third-order valence-electron chi connectivity index (χ3n) is 4.29. The van der Waals surface area contributed by atoms with Gasteiger partial charge < -0.3 is 13.9 Å². The smallest absolute Gasteiger partial charge is 0.341 e. The number of ether oxygens (including phenoxy) is 2. The van der Waals surface area contributed by atoms with Crippen LogP contribution in [-0.4, -0.2) is 18.1 Å². The van der Waals surface area contributed by atoms with E-state index in [2.05, 4.69) is 4.98 Å². The van der Waals surface area contributed by atoms with Crippen LogP contribution in [-0.2, 0) is 11.3 Å². The highest BCUT2D eigenvalue weighted by atomic mass is 19.1. The molecule has 0 saturated carbocycles. The van der Waals surface area contributed by atoms with Gasteiger partial charge in [0.15, 0.2) is 12.4 Å². The third-order valence-corrected chi connectivity index (χ3v) is 4.29. The van der Waals surface area contributed by atoms with Crippen molar-refractivity contribution >= 4 is 16.7 Å². The number of oxazole rings is 1. The number of nitrogens with zero attached hydrogens (tertiary/aromatic N) is 1. The number of rotatable bonds is 5. The fourth-order valence-electron chi connectivity index (χ4n) is 2.87. The Labute approximate surface area is 160 Å². The Balaban J connectivity index is 1.58. The van der Waals surface area contributed by atoms with E-state index in [4.69, 9.17) is 13.9 Å². The van der Waals surface area contributed by atoms with Crippen LogP contribution in [0.5, 0.6) is 5.75 Å². The number of carbonyl (C=O) groups is 1. The lowest BCUT2D eigenvalue weighted by atomic mass is 10.1. The summed E-state index contributed by atoms with van der Waals surface area (Å²) >= 11 is 0. The minimum Gasteiger partial charge on any atom is -0.483 e. The van der Waals surface area contributed by atoms with Crippen molar-refractivity contribution in [3.8, 4) is 17.1 Å². The SMILES string of the molecule is COC(=O)c1cc2ccccc2cc1OCc1ncc(-c2ccc(F)cc2)o1. The van der Waals surface area contributed by atoms with E-state index in [9.17, 15) is 9.18 Å². The molecule has 0 atom stereocenters. The van der Waals surface area contributed by atoms with Crippen molar-refractivity contribution in [2.45, 2.75) is 6.61 Å². The fourth-order valence-corrected chi connectivity index (χ4v) is 2.87. The van der Waals surface area contributed by atoms with Crippen LogP contribution in [0.3, 0.4) is 0 Å². The molecule has 1 heterocycles. The number of methoxy groups -OCH3 is 1. The average molecular weight is 377 g/mol. The number of carbonyl (C=O) groups excluding carboxylic acids is 1. The van der Waals surface area contributed by atoms with Crippen LogP contribution in [0, 0.1) is 5.82 Å². The molecular weight excluding hydrogens is 361 g/mol. The maximum atomic E-state index is 13.1. The first kappa shape index (κ1) is 17.7. The number of hydrogen-bond acceptors (Lipinski definition) is 5. The Morgan fingerprint density at radius 1 is 1.07 bits per heavy atom. The maximum absolute atomic E-state index is 13.1. The van der Waals surface area contributed by atoms with Crippen molar-refractivity contribution in [3.05, 3.63) is 84.1 Å². The summed E-state index contributed by atoms with van der Waals surface area (Å²) in [5.41, 5.74) is 1.03. The van der Waals surface area contributed by atoms with Crippen LogP contribution in [0.25, 0.3) is 22.1 Å². The monoisotopic (exact) mass is 377 g/mol. The van der Waals surface area contributed by atoms with E-state index in [0.717, 1.165) is 10.8 Å². The quantitative estimate of drug-likeness (QED) is 0.458. The fraction of sp³-hybridized carbons (Fsp3) is 0.0909. The lowest BCUT2D eigenvalue weighted by molar-refractivity contribution is 0.0595. The van der Waals surface area contributed by atoms with Gasteiger partial charge in [0.1, 0.15) is 17.1 Å². The average Bonchev–Trinajstić information content (AvgIpc) is 3.20. The second-order valence-corrected chi connectivity index (χ2v) is 6.10. The molecule has 0 radical (unpaired) electrons. The van der Waals surface area contributed by atoms with E-state index in [1.807, 2.05) is 24.3 Å². The highest BCUT2D eigenvalue weighted by Crippen LogP contribution is 2.28. The molecule has 0 bridgehead atoms. The second-order valence-electron chi connectivity index (χ2n) is 6.10. The zero-order chi connectivity index (χ0) is 19.5. The summed E-state index contributed by atoms with van der Waals surface area (Å²) in [5.74, 6) is 0.416. The molecule has 1 aromatic heterocycles. The molecule has 0 amide bonds. The number of halogens is 1. The Kier molecular flexibility index (Phi) is 4.76. The van der Waals surface area contributed by atoms with Gasteiger partial charge in [0, 0.05) is 5.56 Å². The molecular formula is C22H16FNO4. The Morgan fingerprint density at radius 3 is 2.50 bits per heavy atom. The lowest BCUT2D eigenvalue weighted by Crippen LogP contribution is -2.06. The molecule has 4 rings (SSSR count). The topological polar surface area (TPSA) is 61.6 Å². The van der Waals surface area contributed by atoms with Crippen molar-refractivity contribution in [1.82, 2.24) is 4.98 Å². The zero-order valence-electron chi connectivity index (χ0n) is 15.0. The van der Waals surface area contributed by atoms with Gasteiger partial charge in [-0.05, 0) is 47.2 Å². The molecule has 0 aliphatic heterocycles. The highest BCUT2D eigenvalue weighted by Gasteiger charge is 2.16. The first-order chi connectivity index (χ1) is 13.6. The molecule has 6 heteroatoms. The minimum absolute atomic E-state index is 0.0313. The summed E-state index contributed by atoms with van der Waals surface area (Å²) in [4.78, 5) is 16.3. The Bertz CT molecular complexity index is 1130. The highest BCUT2D eigenvalue weighted by molar-refractivity contribution is 5.98. The first-order valence-electron chi connectivity index (χ1n) is 8.58. The van der Waals surface area contributed by atoms with Crippen molar-refractivity contribution in [1.29, 1.82) is 0 Å². The van der Waals surface area contributed by atoms with Crippen LogP contribution >= 0.6 is 0 Å². The van der Waals surface area contributed by atoms with Crippen LogP contribution in [0.2, 0.25) is 0 Å². The van der Waals surface area contributed by atoms with Gasteiger partial charge in [0.2, 0.25) is 5.89 Å². The Morgan fingerprint density at radius 2 is 1.79 bits per heavy atom. The van der Waals surface area contributed by atoms with Gasteiger partial charge in [-0.15, -0.1) is 0 Å². The van der Waals surface area contributed by atoms with Crippen LogP contribution in [0.4, 0.5) is 4.39 Å². The predicted molar refractivity (Wildman–Crippen MR) is 102 cm³/mol. The lowest BCUT2D eigenvalue weighted by Gasteiger charge is -2.10. The van der Waals surface area contributed by atoms with Crippen molar-refractivity contribution < 1.29 is 23.1 Å². The summed E-state index contributed by atoms with van der Waals surface area (Å²) < 4.78 is 29.4. The summed E-state index contributed by atoms with van der Waals surface area (Å²) in [6, 6.07) is 17.1. The van der Waals surface area contributed by atoms with E-state index in [1.165, 1.54) is 19.2 Å². The number of esters is 1. The minimum atomic E-state index is -0.486. The van der Waals surface area contributed by atoms with E-state index in [-0.39, 0.29) is 12.4 Å². The summed E-state index contributed by atoms with van der Waals surface area (Å²) in [6.45, 7) is 0.0313. The van der Waals surface area contributed by atoms with Crippen LogP contribution in [0.15, 0.2) is 71.3 Å². The largest absolute Gasteiger partial charge is 0.483 e.